The SMILES string of the molecule is [2H]c1c([2H])c([2H])c(-c2ccc3c(c2)N(c2c(-c4ccccc4)cc(C(C)(C)C)cc2-c2cc(C(C)(C)C)cc(C(C)(C)C)c2)c2cc(-n4c5c([2H])c([2H])c([2H])c([2H])c5c5c([2H])c([2H])c([2H])c([2H])c54)cc4c2B3c2ccc(-n3c5c([2H])c([2H])c([2H])c([2H])c5c5c([2H])c([2H])c([2H])c([2H])c53)cc2N4c2c(-c3ccccc3)cc(C(C)(C)C)cc2-c2ccccc2)c([2H])c1[2H]. The van der Waals surface area contributed by atoms with Gasteiger partial charge in [-0.2, -0.15) is 0 Å². The van der Waals surface area contributed by atoms with Crippen molar-refractivity contribution < 1.29 is 28.8 Å². The van der Waals surface area contributed by atoms with Gasteiger partial charge in [0.25, 0.3) is 6.71 Å². The molecule has 2 aliphatic heterocycles. The molecule has 0 fully saturated rings. The third-order valence-corrected chi connectivity index (χ3v) is 21.0. The van der Waals surface area contributed by atoms with Gasteiger partial charge in [-0.1, -0.05) is 313 Å². The lowest BCUT2D eigenvalue weighted by Gasteiger charge is -2.46. The van der Waals surface area contributed by atoms with Crippen molar-refractivity contribution in [3.8, 4) is 67.0 Å². The van der Waals surface area contributed by atoms with Crippen molar-refractivity contribution in [2.45, 2.75) is 105 Å². The van der Waals surface area contributed by atoms with E-state index in [2.05, 4.69) is 135 Å². The fraction of sp³-hybridized carbons (Fsp3) is 0.160. The predicted molar refractivity (Wildman–Crippen MR) is 451 cm³/mol. The molecular formula is C100H87BN4. The minimum atomic E-state index is -1.01. The van der Waals surface area contributed by atoms with Crippen LogP contribution in [0.5, 0.6) is 0 Å². The molecule has 510 valence electrons. The highest BCUT2D eigenvalue weighted by atomic mass is 15.2. The molecule has 0 unspecified atom stereocenters. The number of nitrogens with zero attached hydrogens (tertiary/aromatic N) is 4. The van der Waals surface area contributed by atoms with Crippen LogP contribution in [0.3, 0.4) is 0 Å². The normalized spacial score (nSPS) is 15.9. The summed E-state index contributed by atoms with van der Waals surface area (Å²) in [6.07, 6.45) is 0. The molecule has 105 heavy (non-hydrogen) atoms. The van der Waals surface area contributed by atoms with Crippen molar-refractivity contribution in [3.63, 3.8) is 0 Å². The van der Waals surface area contributed by atoms with Crippen LogP contribution in [0, 0.1) is 0 Å². The Labute approximate surface area is 648 Å². The summed E-state index contributed by atoms with van der Waals surface area (Å²) in [7, 11) is 0. The number of hydrogen-bond acceptors (Lipinski definition) is 2. The fourth-order valence-electron chi connectivity index (χ4n) is 15.6. The lowest BCUT2D eigenvalue weighted by molar-refractivity contribution is 0.569. The molecule has 18 rings (SSSR count). The van der Waals surface area contributed by atoms with Gasteiger partial charge in [-0.3, -0.25) is 0 Å². The van der Waals surface area contributed by atoms with E-state index in [0.29, 0.717) is 67.2 Å². The molecule has 16 aromatic rings. The summed E-state index contributed by atoms with van der Waals surface area (Å²) in [5, 5.41) is -0.699. The van der Waals surface area contributed by atoms with Crippen LogP contribution >= 0.6 is 0 Å². The molecule has 5 heteroatoms. The molecule has 0 N–H and O–H groups in total. The Morgan fingerprint density at radius 2 is 0.600 bits per heavy atom. The molecule has 0 spiro atoms. The van der Waals surface area contributed by atoms with Gasteiger partial charge >= 0.3 is 0 Å². The van der Waals surface area contributed by atoms with Crippen LogP contribution in [-0.2, 0) is 21.7 Å². The van der Waals surface area contributed by atoms with E-state index in [-0.39, 0.29) is 66.1 Å². The molecule has 0 bridgehead atoms. The standard InChI is InChI=1S/C100H87BN4/c1-97(2,3)70-53-69(54-71(56-70)98(4,5)6)83-60-73(100(10,11)12)59-82(67-39-23-16-24-40-67)96(83)104-90-55-68(64-33-17-13-18-34-64)49-51-84(90)101-85-52-50-74(102-86-45-29-25-41-76(86)77-42-26-30-46-87(77)102)61-91(85)105(93-63-75(62-92(104)94(93)101)103-88-47-31-27-43-78(88)79-44-28-32-48-89(79)103)95-80(65-35-19-14-20-36-65)57-72(99(7,8)9)58-81(95)66-37-21-15-22-38-66/h13-63H,1-12H3/i13D,17D,18D,25D,26D,27D,28D,29D,30D,31D,32D,33D,34D,41D,42D,43D,44D,45D,46D,47D,48D. The zero-order chi connectivity index (χ0) is 90.3. The Balaban J connectivity index is 1.15. The molecule has 0 saturated heterocycles. The Hall–Kier alpha value is -11.7. The number of aromatic nitrogens is 2. The smallest absolute Gasteiger partial charge is 0.252 e. The Morgan fingerprint density at radius 3 is 1.00 bits per heavy atom. The van der Waals surface area contributed by atoms with Crippen molar-refractivity contribution in [2.75, 3.05) is 9.80 Å². The third kappa shape index (κ3) is 11.0. The molecule has 0 saturated carbocycles. The van der Waals surface area contributed by atoms with E-state index in [1.165, 1.54) is 9.13 Å². The summed E-state index contributed by atoms with van der Waals surface area (Å²) in [5.41, 5.74) is 12.0. The largest absolute Gasteiger partial charge is 0.310 e. The van der Waals surface area contributed by atoms with E-state index < -0.39 is 155 Å². The quantitative estimate of drug-likeness (QED) is 0.134. The molecular weight excluding hydrogens is 1270 g/mol. The van der Waals surface area contributed by atoms with Gasteiger partial charge in [-0.15, -0.1) is 0 Å². The molecule has 0 radical (unpaired) electrons. The minimum Gasteiger partial charge on any atom is -0.310 e. The topological polar surface area (TPSA) is 16.3 Å². The van der Waals surface area contributed by atoms with Crippen LogP contribution in [0.4, 0.5) is 34.1 Å². The van der Waals surface area contributed by atoms with Crippen molar-refractivity contribution in [1.29, 1.82) is 0 Å². The number of anilines is 6. The zero-order valence-electron chi connectivity index (χ0n) is 81.7. The van der Waals surface area contributed by atoms with Crippen LogP contribution in [0.2, 0.25) is 0 Å². The second kappa shape index (κ2) is 24.5. The van der Waals surface area contributed by atoms with Gasteiger partial charge in [-0.05, 0) is 172 Å². The molecule has 4 nitrogen and oxygen atoms in total. The van der Waals surface area contributed by atoms with Crippen LogP contribution in [0.1, 0.15) is 134 Å². The van der Waals surface area contributed by atoms with Gasteiger partial charge in [0, 0.05) is 72.2 Å². The summed E-state index contributed by atoms with van der Waals surface area (Å²) in [4.78, 5) is 4.28. The number of benzene rings is 14. The third-order valence-electron chi connectivity index (χ3n) is 21.0. The van der Waals surface area contributed by atoms with Gasteiger partial charge in [0.2, 0.25) is 0 Å². The van der Waals surface area contributed by atoms with Crippen molar-refractivity contribution in [3.05, 3.63) is 331 Å². The van der Waals surface area contributed by atoms with E-state index in [1.54, 1.807) is 12.1 Å². The van der Waals surface area contributed by atoms with Crippen LogP contribution in [-0.4, -0.2) is 15.8 Å². The summed E-state index contributed by atoms with van der Waals surface area (Å²) in [6, 6.07) is 47.7. The van der Waals surface area contributed by atoms with Gasteiger partial charge in [0.1, 0.15) is 0 Å². The van der Waals surface area contributed by atoms with E-state index in [1.807, 2.05) is 127 Å². The molecule has 0 amide bonds. The van der Waals surface area contributed by atoms with E-state index in [0.717, 1.165) is 50.1 Å². The predicted octanol–water partition coefficient (Wildman–Crippen LogP) is 25.5. The van der Waals surface area contributed by atoms with Crippen LogP contribution in [0.15, 0.2) is 309 Å². The number of fused-ring (bicyclic) bond motifs is 10. The lowest BCUT2D eigenvalue weighted by Crippen LogP contribution is -2.61. The Bertz CT molecular complexity index is 7180. The zero-order valence-corrected chi connectivity index (χ0v) is 60.7. The summed E-state index contributed by atoms with van der Waals surface area (Å²) >= 11 is 0. The van der Waals surface area contributed by atoms with E-state index in [4.69, 9.17) is 4.11 Å². The first kappa shape index (κ1) is 46.1. The first-order chi connectivity index (χ1) is 59.3. The maximum absolute atomic E-state index is 10.3. The Kier molecular flexibility index (Phi) is 10.8. The molecule has 0 atom stereocenters. The molecule has 0 aliphatic carbocycles. The monoisotopic (exact) mass is 1380 g/mol. The first-order valence-electron chi connectivity index (χ1n) is 46.2. The van der Waals surface area contributed by atoms with Crippen LogP contribution in [0.25, 0.3) is 111 Å². The maximum atomic E-state index is 10.3. The molecule has 2 aliphatic rings. The van der Waals surface area contributed by atoms with Gasteiger partial charge in [0.15, 0.2) is 0 Å². The lowest BCUT2D eigenvalue weighted by atomic mass is 9.33. The summed E-state index contributed by atoms with van der Waals surface area (Å²) in [5.74, 6) is 0. The van der Waals surface area contributed by atoms with Gasteiger partial charge in [-0.25, -0.2) is 0 Å². The molecule has 14 aromatic carbocycles. The van der Waals surface area contributed by atoms with E-state index >= 15 is 0 Å². The summed E-state index contributed by atoms with van der Waals surface area (Å²) < 4.78 is 205. The average molecular weight is 1380 g/mol. The second-order valence-corrected chi connectivity index (χ2v) is 31.8. The second-order valence-electron chi connectivity index (χ2n) is 31.8. The van der Waals surface area contributed by atoms with Crippen LogP contribution < -0.4 is 26.2 Å². The van der Waals surface area contributed by atoms with Gasteiger partial charge < -0.3 is 18.9 Å². The number of para-hydroxylation sites is 4. The van der Waals surface area contributed by atoms with Crippen molar-refractivity contribution >= 4 is 101 Å². The average Bonchev–Trinajstić information content (AvgIpc) is 1.13. The van der Waals surface area contributed by atoms with Crippen molar-refractivity contribution in [1.82, 2.24) is 9.13 Å². The minimum absolute atomic E-state index is 0.111. The highest BCUT2D eigenvalue weighted by Crippen LogP contribution is 2.56. The Morgan fingerprint density at radius 1 is 0.267 bits per heavy atom. The summed E-state index contributed by atoms with van der Waals surface area (Å²) in [6.45, 7) is 24.9. The highest BCUT2D eigenvalue weighted by molar-refractivity contribution is 7.00. The number of rotatable bonds is 9. The number of hydrogen-bond donors (Lipinski definition) is 0. The van der Waals surface area contributed by atoms with E-state index in [9.17, 15) is 24.7 Å². The molecule has 2 aromatic heterocycles. The van der Waals surface area contributed by atoms with Crippen molar-refractivity contribution in [2.24, 2.45) is 0 Å². The van der Waals surface area contributed by atoms with Gasteiger partial charge in [0.05, 0.1) is 67.9 Å². The highest BCUT2D eigenvalue weighted by Gasteiger charge is 2.47. The fourth-order valence-corrected chi connectivity index (χ4v) is 15.6. The first-order valence-corrected chi connectivity index (χ1v) is 35.7. The molecule has 4 heterocycles. The maximum Gasteiger partial charge on any atom is 0.252 e.